The van der Waals surface area contributed by atoms with Crippen LogP contribution in [-0.4, -0.2) is 53.1 Å². The first-order valence-electron chi connectivity index (χ1n) is 7.97. The van der Waals surface area contributed by atoms with E-state index in [1.165, 1.54) is 4.90 Å². The minimum atomic E-state index is -2.48. The number of nitrogens with zero attached hydrogens (tertiary/aromatic N) is 1. The second-order valence-corrected chi connectivity index (χ2v) is 6.38. The molecule has 0 radical (unpaired) electrons. The van der Waals surface area contributed by atoms with Crippen molar-refractivity contribution in [2.45, 2.75) is 10.7 Å². The molecule has 0 aliphatic rings. The largest absolute Gasteiger partial charge is 0.395 e. The number of aliphatic hydroxyl groups is 2. The molecule has 0 spiro atoms. The zero-order valence-electron chi connectivity index (χ0n) is 13.9. The van der Waals surface area contributed by atoms with E-state index in [2.05, 4.69) is 5.32 Å². The molecule has 2 aromatic rings. The predicted octanol–water partition coefficient (Wildman–Crippen LogP) is 3.17. The lowest BCUT2D eigenvalue weighted by Crippen LogP contribution is -2.36. The Balaban J connectivity index is 2.19. The Bertz CT molecular complexity index is 708. The number of halogens is 2. The number of carbonyl (C=O) groups is 1. The topological polar surface area (TPSA) is 72.8 Å². The first kappa shape index (κ1) is 20.2. The van der Waals surface area contributed by atoms with Gasteiger partial charge in [-0.15, -0.1) is 0 Å². The number of thioether (sulfide) groups is 1. The van der Waals surface area contributed by atoms with Crippen molar-refractivity contribution in [2.75, 3.05) is 31.6 Å². The summed E-state index contributed by atoms with van der Waals surface area (Å²) in [7, 11) is 0. The molecule has 0 aromatic heterocycles. The SMILES string of the molecule is O=C(c1ccccc1Nc1ccc(SC(F)F)cc1)N(CCO)CCO. The third-order valence-corrected chi connectivity index (χ3v) is 4.27. The Kier molecular flexibility index (Phi) is 7.83. The van der Waals surface area contributed by atoms with Crippen LogP contribution in [0.3, 0.4) is 0 Å². The van der Waals surface area contributed by atoms with E-state index in [0.29, 0.717) is 33.6 Å². The van der Waals surface area contributed by atoms with Gasteiger partial charge in [-0.3, -0.25) is 4.79 Å². The Hall–Kier alpha value is -2.16. The fourth-order valence-corrected chi connectivity index (χ4v) is 2.88. The average molecular weight is 382 g/mol. The standard InChI is InChI=1S/C18H20F2N2O3S/c19-18(20)26-14-7-5-13(6-8-14)21-16-4-2-1-3-15(16)17(25)22(9-11-23)10-12-24/h1-8,18,21,23-24H,9-12H2. The highest BCUT2D eigenvalue weighted by Gasteiger charge is 2.18. The number of carbonyl (C=O) groups excluding carboxylic acids is 1. The molecule has 8 heteroatoms. The van der Waals surface area contributed by atoms with Crippen molar-refractivity contribution in [3.63, 3.8) is 0 Å². The summed E-state index contributed by atoms with van der Waals surface area (Å²) >= 11 is 0.467. The number of nitrogens with one attached hydrogen (secondary N) is 1. The third kappa shape index (κ3) is 5.69. The molecule has 2 aromatic carbocycles. The summed E-state index contributed by atoms with van der Waals surface area (Å²) in [5, 5.41) is 21.3. The molecule has 0 fully saturated rings. The molecule has 0 bridgehead atoms. The van der Waals surface area contributed by atoms with Gasteiger partial charge in [0.15, 0.2) is 0 Å². The van der Waals surface area contributed by atoms with Gasteiger partial charge in [-0.1, -0.05) is 23.9 Å². The van der Waals surface area contributed by atoms with Crippen molar-refractivity contribution in [3.05, 3.63) is 54.1 Å². The first-order valence-corrected chi connectivity index (χ1v) is 8.85. The minimum absolute atomic E-state index is 0.118. The summed E-state index contributed by atoms with van der Waals surface area (Å²) in [4.78, 5) is 14.5. The number of rotatable bonds is 9. The number of anilines is 2. The second-order valence-electron chi connectivity index (χ2n) is 5.31. The van der Waals surface area contributed by atoms with Gasteiger partial charge in [-0.25, -0.2) is 0 Å². The number of alkyl halides is 2. The monoisotopic (exact) mass is 382 g/mol. The molecule has 0 aliphatic carbocycles. The van der Waals surface area contributed by atoms with Crippen LogP contribution < -0.4 is 5.32 Å². The highest BCUT2D eigenvalue weighted by molar-refractivity contribution is 7.99. The molecule has 0 saturated heterocycles. The lowest BCUT2D eigenvalue weighted by molar-refractivity contribution is 0.0686. The minimum Gasteiger partial charge on any atom is -0.395 e. The number of hydrogen-bond acceptors (Lipinski definition) is 5. The fraction of sp³-hybridized carbons (Fsp3) is 0.278. The van der Waals surface area contributed by atoms with Crippen LogP contribution in [0.15, 0.2) is 53.4 Å². The molecule has 26 heavy (non-hydrogen) atoms. The van der Waals surface area contributed by atoms with Crippen LogP contribution >= 0.6 is 11.8 Å². The lowest BCUT2D eigenvalue weighted by Gasteiger charge is -2.22. The summed E-state index contributed by atoms with van der Waals surface area (Å²) in [6.07, 6.45) is 0. The molecule has 5 nitrogen and oxygen atoms in total. The van der Waals surface area contributed by atoms with Gasteiger partial charge in [-0.2, -0.15) is 8.78 Å². The molecule has 0 saturated carbocycles. The number of hydrogen-bond donors (Lipinski definition) is 3. The second kappa shape index (κ2) is 10.1. The van der Waals surface area contributed by atoms with Gasteiger partial charge in [0, 0.05) is 23.7 Å². The number of benzene rings is 2. The Morgan fingerprint density at radius 2 is 1.65 bits per heavy atom. The van der Waals surface area contributed by atoms with Gasteiger partial charge < -0.3 is 20.4 Å². The highest BCUT2D eigenvalue weighted by atomic mass is 32.2. The summed E-state index contributed by atoms with van der Waals surface area (Å²) in [5.41, 5.74) is 1.59. The summed E-state index contributed by atoms with van der Waals surface area (Å²) in [6.45, 7) is -0.171. The van der Waals surface area contributed by atoms with Gasteiger partial charge in [0.1, 0.15) is 0 Å². The molecule has 1 amide bonds. The van der Waals surface area contributed by atoms with Crippen LogP contribution in [0.1, 0.15) is 10.4 Å². The summed E-state index contributed by atoms with van der Waals surface area (Å²) in [5.74, 6) is -2.79. The quantitative estimate of drug-likeness (QED) is 0.581. The van der Waals surface area contributed by atoms with Crippen molar-refractivity contribution in [1.29, 1.82) is 0 Å². The van der Waals surface area contributed by atoms with E-state index < -0.39 is 5.76 Å². The van der Waals surface area contributed by atoms with Crippen LogP contribution in [0.2, 0.25) is 0 Å². The van der Waals surface area contributed by atoms with Crippen molar-refractivity contribution < 1.29 is 23.8 Å². The molecule has 3 N–H and O–H groups in total. The van der Waals surface area contributed by atoms with Crippen molar-refractivity contribution in [1.82, 2.24) is 4.90 Å². The van der Waals surface area contributed by atoms with E-state index >= 15 is 0 Å². The van der Waals surface area contributed by atoms with Crippen LogP contribution in [0.4, 0.5) is 20.2 Å². The molecule has 140 valence electrons. The van der Waals surface area contributed by atoms with Crippen LogP contribution in [0, 0.1) is 0 Å². The number of amides is 1. The van der Waals surface area contributed by atoms with Crippen LogP contribution in [0.25, 0.3) is 0 Å². The lowest BCUT2D eigenvalue weighted by atomic mass is 10.1. The van der Waals surface area contributed by atoms with Crippen LogP contribution in [0.5, 0.6) is 0 Å². The van der Waals surface area contributed by atoms with Gasteiger partial charge in [-0.05, 0) is 36.4 Å². The van der Waals surface area contributed by atoms with E-state index in [4.69, 9.17) is 10.2 Å². The molecule has 2 rings (SSSR count). The Morgan fingerprint density at radius 3 is 2.23 bits per heavy atom. The summed E-state index contributed by atoms with van der Waals surface area (Å²) in [6, 6.07) is 13.3. The predicted molar refractivity (Wildman–Crippen MR) is 98.1 cm³/mol. The maximum absolute atomic E-state index is 12.7. The molecular weight excluding hydrogens is 362 g/mol. The van der Waals surface area contributed by atoms with Gasteiger partial charge in [0.05, 0.1) is 24.5 Å². The fourth-order valence-electron chi connectivity index (χ4n) is 2.38. The number of para-hydroxylation sites is 1. The van der Waals surface area contributed by atoms with Gasteiger partial charge in [0.2, 0.25) is 0 Å². The molecule has 0 heterocycles. The van der Waals surface area contributed by atoms with E-state index in [1.54, 1.807) is 48.5 Å². The van der Waals surface area contributed by atoms with Crippen molar-refractivity contribution in [3.8, 4) is 0 Å². The van der Waals surface area contributed by atoms with E-state index in [-0.39, 0.29) is 32.2 Å². The molecule has 0 atom stereocenters. The smallest absolute Gasteiger partial charge is 0.288 e. The molecule has 0 unspecified atom stereocenters. The van der Waals surface area contributed by atoms with Gasteiger partial charge in [0.25, 0.3) is 11.7 Å². The highest BCUT2D eigenvalue weighted by Crippen LogP contribution is 2.28. The van der Waals surface area contributed by atoms with Crippen molar-refractivity contribution in [2.24, 2.45) is 0 Å². The third-order valence-electron chi connectivity index (χ3n) is 3.54. The number of aliphatic hydroxyl groups excluding tert-OH is 2. The zero-order chi connectivity index (χ0) is 18.9. The van der Waals surface area contributed by atoms with E-state index in [0.717, 1.165) is 0 Å². The Labute approximate surface area is 154 Å². The summed E-state index contributed by atoms with van der Waals surface area (Å²) < 4.78 is 24.8. The molecular formula is C18H20F2N2O3S. The normalized spacial score (nSPS) is 10.8. The molecule has 0 aliphatic heterocycles. The maximum atomic E-state index is 12.7. The maximum Gasteiger partial charge on any atom is 0.288 e. The average Bonchev–Trinajstić information content (AvgIpc) is 2.63. The Morgan fingerprint density at radius 1 is 1.04 bits per heavy atom. The van der Waals surface area contributed by atoms with Gasteiger partial charge >= 0.3 is 0 Å². The van der Waals surface area contributed by atoms with Crippen LogP contribution in [-0.2, 0) is 0 Å². The van der Waals surface area contributed by atoms with E-state index in [9.17, 15) is 13.6 Å². The van der Waals surface area contributed by atoms with Crippen molar-refractivity contribution >= 4 is 29.0 Å². The van der Waals surface area contributed by atoms with E-state index in [1.807, 2.05) is 0 Å². The zero-order valence-corrected chi connectivity index (χ0v) is 14.8. The first-order chi connectivity index (χ1) is 12.5.